The van der Waals surface area contributed by atoms with Crippen molar-refractivity contribution in [2.75, 3.05) is 12.3 Å². The molecule has 1 aliphatic heterocycles. The maximum atomic E-state index is 13.9. The average Bonchev–Trinajstić information content (AvgIpc) is 3.51. The number of carbonyl (C=O) groups excluding carboxylic acids is 2. The van der Waals surface area contributed by atoms with Crippen molar-refractivity contribution < 1.29 is 33.3 Å². The van der Waals surface area contributed by atoms with Crippen LogP contribution in [0.15, 0.2) is 18.5 Å². The second-order valence-corrected chi connectivity index (χ2v) is 13.4. The van der Waals surface area contributed by atoms with E-state index < -0.39 is 35.4 Å². The summed E-state index contributed by atoms with van der Waals surface area (Å²) in [5, 5.41) is 10.9. The number of fused-ring (bicyclic) bond motifs is 1. The van der Waals surface area contributed by atoms with Gasteiger partial charge in [0, 0.05) is 23.8 Å². The van der Waals surface area contributed by atoms with Crippen molar-refractivity contribution in [3.8, 4) is 5.75 Å². The number of rotatable bonds is 15. The van der Waals surface area contributed by atoms with Gasteiger partial charge in [-0.25, -0.2) is 4.98 Å². The SMILES string of the molecule is CCCCCCCCCC(=O)Oc1cc(C)cc(C)c1C(C)(C)CC(=O)OC[C@@]1(C)O[C@@H](n2cnc3c(N)nc(F)nc32)C[C@@H]1O. The van der Waals surface area contributed by atoms with E-state index in [-0.39, 0.29) is 42.4 Å². The van der Waals surface area contributed by atoms with E-state index in [1.807, 2.05) is 39.8 Å². The van der Waals surface area contributed by atoms with Crippen molar-refractivity contribution in [2.45, 2.75) is 129 Å². The quantitative estimate of drug-likeness (QED) is 0.0854. The molecule has 3 N–H and O–H groups in total. The van der Waals surface area contributed by atoms with E-state index in [0.29, 0.717) is 12.2 Å². The molecule has 11 nitrogen and oxygen atoms in total. The van der Waals surface area contributed by atoms with Crippen molar-refractivity contribution in [1.29, 1.82) is 0 Å². The standard InChI is InChI=1S/C34H48FN5O6/c1-7-8-9-10-11-12-13-14-26(42)45-23-16-21(2)15-22(3)28(23)33(4,5)18-27(43)44-19-34(6)24(41)17-25(46-34)40-20-37-29-30(36)38-32(35)39-31(29)40/h15-16,20,24-25,41H,7-14,17-19H2,1-6H3,(H2,36,38,39)/t24-,25+,34+/m0/s1. The average molecular weight is 642 g/mol. The van der Waals surface area contributed by atoms with Gasteiger partial charge in [0.15, 0.2) is 17.0 Å². The van der Waals surface area contributed by atoms with E-state index in [0.717, 1.165) is 36.0 Å². The monoisotopic (exact) mass is 641 g/mol. The molecule has 0 amide bonds. The number of unbranched alkanes of at least 4 members (excludes halogenated alkanes) is 6. The number of nitrogen functional groups attached to an aromatic ring is 1. The molecule has 4 rings (SSSR count). The fourth-order valence-electron chi connectivity index (χ4n) is 6.30. The van der Waals surface area contributed by atoms with Gasteiger partial charge in [-0.2, -0.15) is 14.4 Å². The summed E-state index contributed by atoms with van der Waals surface area (Å²) in [7, 11) is 0. The second kappa shape index (κ2) is 14.8. The van der Waals surface area contributed by atoms with Crippen LogP contribution in [-0.4, -0.2) is 54.9 Å². The summed E-state index contributed by atoms with van der Waals surface area (Å²) in [5.41, 5.74) is 6.79. The van der Waals surface area contributed by atoms with Crippen LogP contribution in [0.2, 0.25) is 0 Å². The maximum absolute atomic E-state index is 13.9. The lowest BCUT2D eigenvalue weighted by atomic mass is 9.78. The minimum absolute atomic E-state index is 0.00352. The molecule has 1 fully saturated rings. The normalized spacial score (nSPS) is 19.9. The van der Waals surface area contributed by atoms with Gasteiger partial charge in [0.05, 0.1) is 18.9 Å². The highest BCUT2D eigenvalue weighted by molar-refractivity contribution is 5.81. The van der Waals surface area contributed by atoms with Crippen molar-refractivity contribution in [2.24, 2.45) is 0 Å². The van der Waals surface area contributed by atoms with Crippen LogP contribution in [0, 0.1) is 19.9 Å². The van der Waals surface area contributed by atoms with E-state index in [9.17, 15) is 19.1 Å². The number of ether oxygens (including phenoxy) is 3. The fourth-order valence-corrected chi connectivity index (χ4v) is 6.30. The third-order valence-corrected chi connectivity index (χ3v) is 8.70. The molecule has 1 saturated heterocycles. The third-order valence-electron chi connectivity index (χ3n) is 8.70. The Hall–Kier alpha value is -3.64. The number of nitrogens with two attached hydrogens (primary N) is 1. The zero-order valence-corrected chi connectivity index (χ0v) is 27.9. The lowest BCUT2D eigenvalue weighted by molar-refractivity contribution is -0.163. The number of imidazole rings is 1. The first-order chi connectivity index (χ1) is 21.7. The van der Waals surface area contributed by atoms with E-state index >= 15 is 0 Å². The molecular weight excluding hydrogens is 593 g/mol. The Balaban J connectivity index is 1.37. The zero-order chi connectivity index (χ0) is 33.6. The summed E-state index contributed by atoms with van der Waals surface area (Å²) >= 11 is 0. The van der Waals surface area contributed by atoms with Crippen LogP contribution >= 0.6 is 0 Å². The third kappa shape index (κ3) is 8.38. The molecule has 12 heteroatoms. The van der Waals surface area contributed by atoms with Gasteiger partial charge < -0.3 is 25.1 Å². The molecule has 46 heavy (non-hydrogen) atoms. The van der Waals surface area contributed by atoms with Crippen LogP contribution in [0.1, 0.15) is 115 Å². The lowest BCUT2D eigenvalue weighted by Gasteiger charge is -2.30. The number of carbonyl (C=O) groups is 2. The van der Waals surface area contributed by atoms with Gasteiger partial charge in [0.25, 0.3) is 0 Å². The number of esters is 2. The summed E-state index contributed by atoms with van der Waals surface area (Å²) in [6, 6.07) is 3.84. The van der Waals surface area contributed by atoms with Gasteiger partial charge in [0.1, 0.15) is 24.2 Å². The summed E-state index contributed by atoms with van der Waals surface area (Å²) in [6.07, 6.45) is 6.88. The number of anilines is 1. The van der Waals surface area contributed by atoms with Gasteiger partial charge in [0.2, 0.25) is 0 Å². The second-order valence-electron chi connectivity index (χ2n) is 13.4. The Morgan fingerprint density at radius 2 is 1.83 bits per heavy atom. The number of benzene rings is 1. The molecule has 2 aromatic heterocycles. The molecule has 0 bridgehead atoms. The van der Waals surface area contributed by atoms with Crippen LogP contribution in [0.25, 0.3) is 11.2 Å². The summed E-state index contributed by atoms with van der Waals surface area (Å²) in [6.45, 7) is 11.3. The highest BCUT2D eigenvalue weighted by Crippen LogP contribution is 2.40. The van der Waals surface area contributed by atoms with Gasteiger partial charge in [-0.05, 0) is 44.4 Å². The maximum Gasteiger partial charge on any atom is 0.312 e. The van der Waals surface area contributed by atoms with Gasteiger partial charge in [-0.1, -0.05) is 65.4 Å². The van der Waals surface area contributed by atoms with Gasteiger partial charge in [-0.15, -0.1) is 0 Å². The lowest BCUT2D eigenvalue weighted by Crippen LogP contribution is -2.42. The minimum Gasteiger partial charge on any atom is -0.462 e. The van der Waals surface area contributed by atoms with Crippen LogP contribution in [0.3, 0.4) is 0 Å². The molecule has 0 saturated carbocycles. The van der Waals surface area contributed by atoms with Gasteiger partial charge in [-0.3, -0.25) is 14.2 Å². The van der Waals surface area contributed by atoms with Crippen molar-refractivity contribution in [3.05, 3.63) is 41.2 Å². The Bertz CT molecular complexity index is 1540. The smallest absolute Gasteiger partial charge is 0.312 e. The van der Waals surface area contributed by atoms with E-state index in [1.165, 1.54) is 36.6 Å². The molecule has 0 spiro atoms. The Kier molecular flexibility index (Phi) is 11.4. The van der Waals surface area contributed by atoms with E-state index in [2.05, 4.69) is 21.9 Å². The number of hydrogen-bond donors (Lipinski definition) is 2. The molecular formula is C34H48FN5O6. The molecule has 1 aliphatic rings. The van der Waals surface area contributed by atoms with Crippen molar-refractivity contribution in [1.82, 2.24) is 19.5 Å². The highest BCUT2D eigenvalue weighted by atomic mass is 19.1. The number of aliphatic hydroxyl groups is 1. The summed E-state index contributed by atoms with van der Waals surface area (Å²) < 4.78 is 33.0. The topological polar surface area (TPSA) is 152 Å². The first-order valence-corrected chi connectivity index (χ1v) is 16.2. The first-order valence-electron chi connectivity index (χ1n) is 16.2. The molecule has 252 valence electrons. The molecule has 3 heterocycles. The Labute approximate surface area is 270 Å². The van der Waals surface area contributed by atoms with Crippen LogP contribution < -0.4 is 10.5 Å². The number of hydrogen-bond acceptors (Lipinski definition) is 10. The number of aliphatic hydroxyl groups excluding tert-OH is 1. The molecule has 3 atom stereocenters. The van der Waals surface area contributed by atoms with E-state index in [4.69, 9.17) is 19.9 Å². The molecule has 3 aromatic rings. The predicted molar refractivity (Wildman–Crippen MR) is 172 cm³/mol. The predicted octanol–water partition coefficient (Wildman–Crippen LogP) is 6.16. The molecule has 1 aromatic carbocycles. The Morgan fingerprint density at radius 3 is 2.54 bits per heavy atom. The summed E-state index contributed by atoms with van der Waals surface area (Å²) in [5.74, 6) is -0.424. The van der Waals surface area contributed by atoms with Crippen LogP contribution in [0.5, 0.6) is 5.75 Å². The van der Waals surface area contributed by atoms with E-state index in [1.54, 1.807) is 6.92 Å². The molecule has 0 aliphatic carbocycles. The zero-order valence-electron chi connectivity index (χ0n) is 27.9. The number of halogens is 1. The van der Waals surface area contributed by atoms with Crippen LogP contribution in [0.4, 0.5) is 10.2 Å². The minimum atomic E-state index is -1.24. The van der Waals surface area contributed by atoms with Crippen LogP contribution in [-0.2, 0) is 24.5 Å². The number of aryl methyl sites for hydroxylation is 2. The largest absolute Gasteiger partial charge is 0.462 e. The Morgan fingerprint density at radius 1 is 1.13 bits per heavy atom. The highest BCUT2D eigenvalue weighted by Gasteiger charge is 2.47. The first kappa shape index (κ1) is 35.2. The number of aromatic nitrogens is 4. The summed E-state index contributed by atoms with van der Waals surface area (Å²) in [4.78, 5) is 37.5. The van der Waals surface area contributed by atoms with Crippen molar-refractivity contribution >= 4 is 28.9 Å². The fraction of sp³-hybridized carbons (Fsp3) is 0.618. The van der Waals surface area contributed by atoms with Crippen molar-refractivity contribution in [3.63, 3.8) is 0 Å². The number of nitrogens with zero attached hydrogens (tertiary/aromatic N) is 4. The van der Waals surface area contributed by atoms with Gasteiger partial charge >= 0.3 is 18.0 Å². The molecule has 0 unspecified atom stereocenters. The molecule has 0 radical (unpaired) electrons.